The number of nitrogens with zero attached hydrogens (tertiary/aromatic N) is 4. The molecule has 0 unspecified atom stereocenters. The zero-order valence-electron chi connectivity index (χ0n) is 11.2. The summed E-state index contributed by atoms with van der Waals surface area (Å²) in [5, 5.41) is 13.8. The molecule has 0 saturated heterocycles. The van der Waals surface area contributed by atoms with Crippen molar-refractivity contribution in [2.45, 2.75) is 13.5 Å². The van der Waals surface area contributed by atoms with Gasteiger partial charge in [-0.3, -0.25) is 4.68 Å². The monoisotopic (exact) mass is 284 g/mol. The molecule has 1 N–H and O–H groups in total. The Bertz CT molecular complexity index is 813. The summed E-state index contributed by atoms with van der Waals surface area (Å²) in [4.78, 5) is 19.1. The van der Waals surface area contributed by atoms with E-state index in [1.54, 1.807) is 35.3 Å². The zero-order valence-corrected chi connectivity index (χ0v) is 11.2. The fourth-order valence-corrected chi connectivity index (χ4v) is 1.90. The topological polar surface area (TPSA) is 90.1 Å². The van der Waals surface area contributed by atoms with Crippen LogP contribution in [0.3, 0.4) is 0 Å². The molecule has 1 aromatic carbocycles. The number of fused-ring (bicyclic) bond motifs is 1. The third-order valence-corrected chi connectivity index (χ3v) is 2.91. The van der Waals surface area contributed by atoms with Crippen molar-refractivity contribution in [3.63, 3.8) is 0 Å². The maximum absolute atomic E-state index is 11.1. The van der Waals surface area contributed by atoms with Crippen LogP contribution >= 0.6 is 0 Å². The van der Waals surface area contributed by atoms with Gasteiger partial charge in [0.05, 0.1) is 23.3 Å². The minimum absolute atomic E-state index is 0.202. The van der Waals surface area contributed by atoms with E-state index in [1.807, 2.05) is 13.0 Å². The number of hydrogen-bond donors (Lipinski definition) is 1. The van der Waals surface area contributed by atoms with E-state index >= 15 is 0 Å². The van der Waals surface area contributed by atoms with Gasteiger partial charge in [-0.1, -0.05) is 12.1 Å². The SMILES string of the molecule is CCn1cc(Oc2nc(C(=O)O)nc3ccccc23)cn1. The van der Waals surface area contributed by atoms with E-state index in [4.69, 9.17) is 9.84 Å². The lowest BCUT2D eigenvalue weighted by Gasteiger charge is -2.06. The molecule has 0 bridgehead atoms. The smallest absolute Gasteiger partial charge is 0.374 e. The van der Waals surface area contributed by atoms with Gasteiger partial charge in [0, 0.05) is 6.54 Å². The molecule has 0 fully saturated rings. The van der Waals surface area contributed by atoms with Crippen LogP contribution in [0.2, 0.25) is 0 Å². The third-order valence-electron chi connectivity index (χ3n) is 2.91. The number of carbonyl (C=O) groups is 1. The Morgan fingerprint density at radius 1 is 1.33 bits per heavy atom. The molecule has 106 valence electrons. The Labute approximate surface area is 119 Å². The lowest BCUT2D eigenvalue weighted by Crippen LogP contribution is -2.05. The predicted octanol–water partition coefficient (Wildman–Crippen LogP) is 2.34. The number of carboxylic acid groups (broad SMARTS) is 1. The van der Waals surface area contributed by atoms with Gasteiger partial charge in [-0.2, -0.15) is 10.1 Å². The number of ether oxygens (including phenoxy) is 1. The second kappa shape index (κ2) is 5.20. The highest BCUT2D eigenvalue weighted by atomic mass is 16.5. The minimum atomic E-state index is -1.20. The van der Waals surface area contributed by atoms with Crippen molar-refractivity contribution in [3.05, 3.63) is 42.5 Å². The molecule has 0 radical (unpaired) electrons. The van der Waals surface area contributed by atoms with E-state index in [9.17, 15) is 4.79 Å². The van der Waals surface area contributed by atoms with Gasteiger partial charge < -0.3 is 9.84 Å². The summed E-state index contributed by atoms with van der Waals surface area (Å²) in [6.07, 6.45) is 3.28. The molecule has 21 heavy (non-hydrogen) atoms. The lowest BCUT2D eigenvalue weighted by atomic mass is 10.2. The zero-order chi connectivity index (χ0) is 14.8. The quantitative estimate of drug-likeness (QED) is 0.790. The Morgan fingerprint density at radius 2 is 2.14 bits per heavy atom. The van der Waals surface area contributed by atoms with Crippen molar-refractivity contribution in [2.24, 2.45) is 0 Å². The number of benzene rings is 1. The average molecular weight is 284 g/mol. The van der Waals surface area contributed by atoms with Gasteiger partial charge in [-0.05, 0) is 19.1 Å². The molecule has 0 aliphatic rings. The summed E-state index contributed by atoms with van der Waals surface area (Å²) in [6.45, 7) is 2.67. The van der Waals surface area contributed by atoms with E-state index in [0.717, 1.165) is 0 Å². The first kappa shape index (κ1) is 13.0. The van der Waals surface area contributed by atoms with Crippen molar-refractivity contribution < 1.29 is 14.6 Å². The molecule has 0 atom stereocenters. The number of aryl methyl sites for hydroxylation is 1. The summed E-state index contributed by atoms with van der Waals surface area (Å²) in [6, 6.07) is 7.08. The molecular weight excluding hydrogens is 272 g/mol. The van der Waals surface area contributed by atoms with Gasteiger partial charge in [0.2, 0.25) is 11.7 Å². The van der Waals surface area contributed by atoms with E-state index in [2.05, 4.69) is 15.1 Å². The molecular formula is C14H12N4O3. The van der Waals surface area contributed by atoms with Crippen molar-refractivity contribution in [3.8, 4) is 11.6 Å². The number of aromatic carboxylic acids is 1. The van der Waals surface area contributed by atoms with Gasteiger partial charge in [0.25, 0.3) is 0 Å². The van der Waals surface area contributed by atoms with E-state index in [-0.39, 0.29) is 11.7 Å². The standard InChI is InChI=1S/C14H12N4O3/c1-2-18-8-9(7-15-18)21-13-10-5-3-4-6-11(10)16-12(17-13)14(19)20/h3-8H,2H2,1H3,(H,19,20). The summed E-state index contributed by atoms with van der Waals surface area (Å²) in [5.41, 5.74) is 0.516. The first-order chi connectivity index (χ1) is 10.2. The largest absolute Gasteiger partial charge is 0.475 e. The number of hydrogen-bond acceptors (Lipinski definition) is 5. The molecule has 0 aliphatic carbocycles. The van der Waals surface area contributed by atoms with Crippen LogP contribution < -0.4 is 4.74 Å². The number of aromatic nitrogens is 4. The van der Waals surface area contributed by atoms with Gasteiger partial charge >= 0.3 is 5.97 Å². The van der Waals surface area contributed by atoms with Crippen LogP contribution in [0, 0.1) is 0 Å². The van der Waals surface area contributed by atoms with Crippen molar-refractivity contribution in [1.29, 1.82) is 0 Å². The van der Waals surface area contributed by atoms with E-state index in [1.165, 1.54) is 0 Å². The van der Waals surface area contributed by atoms with Crippen molar-refractivity contribution in [1.82, 2.24) is 19.7 Å². The maximum Gasteiger partial charge on any atom is 0.374 e. The highest BCUT2D eigenvalue weighted by molar-refractivity contribution is 5.90. The van der Waals surface area contributed by atoms with Gasteiger partial charge in [-0.15, -0.1) is 0 Å². The van der Waals surface area contributed by atoms with Gasteiger partial charge in [0.15, 0.2) is 5.75 Å². The van der Waals surface area contributed by atoms with Crippen molar-refractivity contribution in [2.75, 3.05) is 0 Å². The first-order valence-electron chi connectivity index (χ1n) is 6.37. The number of para-hydroxylation sites is 1. The summed E-state index contributed by atoms with van der Waals surface area (Å²) < 4.78 is 7.37. The van der Waals surface area contributed by atoms with Crippen LogP contribution in [0.4, 0.5) is 0 Å². The molecule has 0 aliphatic heterocycles. The Balaban J connectivity index is 2.09. The molecule has 3 aromatic rings. The molecule has 2 heterocycles. The average Bonchev–Trinajstić information content (AvgIpc) is 2.94. The Kier molecular flexibility index (Phi) is 3.23. The number of carboxylic acids is 1. The van der Waals surface area contributed by atoms with E-state index in [0.29, 0.717) is 23.2 Å². The van der Waals surface area contributed by atoms with Crippen LogP contribution in [0.5, 0.6) is 11.6 Å². The van der Waals surface area contributed by atoms with Crippen LogP contribution in [0.15, 0.2) is 36.7 Å². The van der Waals surface area contributed by atoms with Gasteiger partial charge in [-0.25, -0.2) is 9.78 Å². The molecule has 0 spiro atoms. The van der Waals surface area contributed by atoms with Crippen LogP contribution in [0.1, 0.15) is 17.5 Å². The summed E-state index contributed by atoms with van der Waals surface area (Å²) in [5.74, 6) is -0.799. The summed E-state index contributed by atoms with van der Waals surface area (Å²) in [7, 11) is 0. The molecule has 7 heteroatoms. The van der Waals surface area contributed by atoms with Crippen molar-refractivity contribution >= 4 is 16.9 Å². The van der Waals surface area contributed by atoms with Gasteiger partial charge in [0.1, 0.15) is 0 Å². The summed E-state index contributed by atoms with van der Waals surface area (Å²) >= 11 is 0. The normalized spacial score (nSPS) is 10.7. The molecule has 2 aromatic heterocycles. The van der Waals surface area contributed by atoms with E-state index < -0.39 is 5.97 Å². The second-order valence-corrected chi connectivity index (χ2v) is 4.31. The highest BCUT2D eigenvalue weighted by Crippen LogP contribution is 2.27. The van der Waals surface area contributed by atoms with Crippen LogP contribution in [-0.2, 0) is 6.54 Å². The fourth-order valence-electron chi connectivity index (χ4n) is 1.90. The lowest BCUT2D eigenvalue weighted by molar-refractivity contribution is 0.0683. The highest BCUT2D eigenvalue weighted by Gasteiger charge is 2.14. The maximum atomic E-state index is 11.1. The Hall–Kier alpha value is -2.96. The minimum Gasteiger partial charge on any atom is -0.475 e. The number of rotatable bonds is 4. The second-order valence-electron chi connectivity index (χ2n) is 4.31. The fraction of sp³-hybridized carbons (Fsp3) is 0.143. The molecule has 7 nitrogen and oxygen atoms in total. The predicted molar refractivity (Wildman–Crippen MR) is 74.5 cm³/mol. The third kappa shape index (κ3) is 2.53. The molecule has 0 amide bonds. The molecule has 0 saturated carbocycles. The van der Waals surface area contributed by atoms with Crippen LogP contribution in [-0.4, -0.2) is 30.8 Å². The Morgan fingerprint density at radius 3 is 2.86 bits per heavy atom. The first-order valence-corrected chi connectivity index (χ1v) is 6.37. The molecule has 3 rings (SSSR count). The van der Waals surface area contributed by atoms with Crippen LogP contribution in [0.25, 0.3) is 10.9 Å².